The number of carbonyl (C=O) groups is 1. The van der Waals surface area contributed by atoms with Crippen molar-refractivity contribution in [3.05, 3.63) is 33.1 Å². The van der Waals surface area contributed by atoms with Crippen LogP contribution in [0.3, 0.4) is 0 Å². The number of thiophene rings is 1. The largest absolute Gasteiger partial charge is 0.382 e. The average Bonchev–Trinajstić information content (AvgIpc) is 2.88. The zero-order chi connectivity index (χ0) is 13.0. The highest BCUT2D eigenvalue weighted by Gasteiger charge is 2.04. The molecule has 1 amide bonds. The van der Waals surface area contributed by atoms with E-state index in [4.69, 9.17) is 5.73 Å². The van der Waals surface area contributed by atoms with Gasteiger partial charge in [-0.3, -0.25) is 9.48 Å². The first-order chi connectivity index (χ1) is 8.63. The summed E-state index contributed by atoms with van der Waals surface area (Å²) in [5.41, 5.74) is 5.47. The van der Waals surface area contributed by atoms with E-state index in [1.54, 1.807) is 23.6 Å². The highest BCUT2D eigenvalue weighted by molar-refractivity contribution is 9.11. The van der Waals surface area contributed by atoms with Gasteiger partial charge in [-0.15, -0.1) is 11.3 Å². The van der Waals surface area contributed by atoms with Gasteiger partial charge in [0.25, 0.3) is 0 Å². The van der Waals surface area contributed by atoms with Gasteiger partial charge in [0, 0.05) is 17.6 Å². The lowest BCUT2D eigenvalue weighted by atomic mass is 10.3. The van der Waals surface area contributed by atoms with Gasteiger partial charge in [0.15, 0.2) is 0 Å². The van der Waals surface area contributed by atoms with Crippen molar-refractivity contribution in [2.75, 3.05) is 12.3 Å². The van der Waals surface area contributed by atoms with Gasteiger partial charge < -0.3 is 11.1 Å². The van der Waals surface area contributed by atoms with Gasteiger partial charge in [-0.2, -0.15) is 5.10 Å². The molecule has 2 aromatic rings. The van der Waals surface area contributed by atoms with Crippen molar-refractivity contribution < 1.29 is 4.79 Å². The van der Waals surface area contributed by atoms with Crippen molar-refractivity contribution in [3.8, 4) is 0 Å². The first-order valence-electron chi connectivity index (χ1n) is 5.43. The van der Waals surface area contributed by atoms with E-state index in [1.165, 1.54) is 9.56 Å². The van der Waals surface area contributed by atoms with Crippen LogP contribution in [0, 0.1) is 0 Å². The molecule has 96 valence electrons. The third-order valence-electron chi connectivity index (χ3n) is 2.29. The molecular formula is C11H13BrN4OS. The summed E-state index contributed by atoms with van der Waals surface area (Å²) in [4.78, 5) is 12.8. The summed E-state index contributed by atoms with van der Waals surface area (Å²) in [5.74, 6) is 0.361. The Labute approximate surface area is 117 Å². The van der Waals surface area contributed by atoms with E-state index in [0.29, 0.717) is 12.4 Å². The second-order valence-corrected chi connectivity index (χ2v) is 6.29. The molecule has 0 aliphatic heterocycles. The summed E-state index contributed by atoms with van der Waals surface area (Å²) in [5, 5.41) is 6.80. The Balaban J connectivity index is 1.72. The Morgan fingerprint density at radius 2 is 2.33 bits per heavy atom. The van der Waals surface area contributed by atoms with Crippen molar-refractivity contribution in [2.24, 2.45) is 0 Å². The van der Waals surface area contributed by atoms with Gasteiger partial charge in [-0.05, 0) is 40.5 Å². The number of nitrogens with two attached hydrogens (primary N) is 1. The van der Waals surface area contributed by atoms with E-state index in [-0.39, 0.29) is 12.5 Å². The van der Waals surface area contributed by atoms with Crippen LogP contribution in [0.15, 0.2) is 28.2 Å². The topological polar surface area (TPSA) is 72.9 Å². The number of hydrogen-bond donors (Lipinski definition) is 2. The van der Waals surface area contributed by atoms with Gasteiger partial charge in [0.05, 0.1) is 3.79 Å². The fraction of sp³-hybridized carbons (Fsp3) is 0.273. The highest BCUT2D eigenvalue weighted by atomic mass is 79.9. The summed E-state index contributed by atoms with van der Waals surface area (Å²) in [6.07, 6.45) is 2.52. The molecule has 0 saturated heterocycles. The Kier molecular flexibility index (Phi) is 4.38. The summed E-state index contributed by atoms with van der Waals surface area (Å²) >= 11 is 5.09. The molecule has 0 atom stereocenters. The minimum absolute atomic E-state index is 0.0614. The number of halogens is 1. The number of aromatic nitrogens is 2. The van der Waals surface area contributed by atoms with E-state index in [9.17, 15) is 4.79 Å². The van der Waals surface area contributed by atoms with Crippen LogP contribution in [-0.2, 0) is 17.8 Å². The molecule has 0 aliphatic carbocycles. The fourth-order valence-corrected chi connectivity index (χ4v) is 2.96. The molecule has 2 aromatic heterocycles. The minimum atomic E-state index is -0.0614. The number of nitrogen functional groups attached to an aromatic ring is 1. The standard InChI is InChI=1S/C11H13BrN4OS/c12-9-2-1-8(18-9)3-5-14-11(17)7-16-6-4-10(13)15-16/h1-2,4,6H,3,5,7H2,(H2,13,15)(H,14,17). The van der Waals surface area contributed by atoms with Gasteiger partial charge in [0.2, 0.25) is 5.91 Å². The lowest BCUT2D eigenvalue weighted by molar-refractivity contribution is -0.121. The molecule has 0 aliphatic rings. The predicted molar refractivity (Wildman–Crippen MR) is 75.4 cm³/mol. The van der Waals surface area contributed by atoms with Gasteiger partial charge >= 0.3 is 0 Å². The molecule has 2 rings (SSSR count). The molecule has 18 heavy (non-hydrogen) atoms. The first-order valence-corrected chi connectivity index (χ1v) is 7.04. The minimum Gasteiger partial charge on any atom is -0.382 e. The predicted octanol–water partition coefficient (Wildman–Crippen LogP) is 1.65. The summed E-state index contributed by atoms with van der Waals surface area (Å²) in [6, 6.07) is 5.72. The number of nitrogens with one attached hydrogen (secondary N) is 1. The van der Waals surface area contributed by atoms with Crippen LogP contribution in [-0.4, -0.2) is 22.2 Å². The number of rotatable bonds is 5. The van der Waals surface area contributed by atoms with Crippen LogP contribution in [0.2, 0.25) is 0 Å². The van der Waals surface area contributed by atoms with Crippen LogP contribution in [0.4, 0.5) is 5.82 Å². The summed E-state index contributed by atoms with van der Waals surface area (Å²) in [6.45, 7) is 0.827. The van der Waals surface area contributed by atoms with Crippen LogP contribution < -0.4 is 11.1 Å². The Morgan fingerprint density at radius 3 is 2.94 bits per heavy atom. The number of carbonyl (C=O) groups excluding carboxylic acids is 1. The van der Waals surface area contributed by atoms with Gasteiger partial charge in [-0.1, -0.05) is 0 Å². The maximum Gasteiger partial charge on any atom is 0.241 e. The van der Waals surface area contributed by atoms with Gasteiger partial charge in [-0.25, -0.2) is 0 Å². The maximum absolute atomic E-state index is 11.6. The lowest BCUT2D eigenvalue weighted by Gasteiger charge is -2.04. The van der Waals surface area contributed by atoms with E-state index >= 15 is 0 Å². The van der Waals surface area contributed by atoms with Crippen LogP contribution >= 0.6 is 27.3 Å². The van der Waals surface area contributed by atoms with E-state index in [2.05, 4.69) is 32.4 Å². The molecule has 0 saturated carbocycles. The molecule has 5 nitrogen and oxygen atoms in total. The maximum atomic E-state index is 11.6. The average molecular weight is 329 g/mol. The molecule has 0 unspecified atom stereocenters. The quantitative estimate of drug-likeness (QED) is 0.876. The van der Waals surface area contributed by atoms with E-state index in [0.717, 1.165) is 10.2 Å². The fourth-order valence-electron chi connectivity index (χ4n) is 1.48. The third kappa shape index (κ3) is 3.85. The molecule has 0 bridgehead atoms. The van der Waals surface area contributed by atoms with Crippen molar-refractivity contribution >= 4 is 39.0 Å². The van der Waals surface area contributed by atoms with Crippen LogP contribution in [0.1, 0.15) is 4.88 Å². The molecule has 0 fully saturated rings. The van der Waals surface area contributed by atoms with E-state index < -0.39 is 0 Å². The normalized spacial score (nSPS) is 10.5. The van der Waals surface area contributed by atoms with Crippen molar-refractivity contribution in [2.45, 2.75) is 13.0 Å². The molecule has 0 aromatic carbocycles. The highest BCUT2D eigenvalue weighted by Crippen LogP contribution is 2.21. The van der Waals surface area contributed by atoms with Crippen molar-refractivity contribution in [3.63, 3.8) is 0 Å². The Bertz CT molecular complexity index is 537. The van der Waals surface area contributed by atoms with Crippen molar-refractivity contribution in [1.82, 2.24) is 15.1 Å². The Morgan fingerprint density at radius 1 is 1.50 bits per heavy atom. The third-order valence-corrected chi connectivity index (χ3v) is 3.97. The first kappa shape index (κ1) is 13.1. The van der Waals surface area contributed by atoms with Gasteiger partial charge in [0.1, 0.15) is 12.4 Å². The molecule has 3 N–H and O–H groups in total. The lowest BCUT2D eigenvalue weighted by Crippen LogP contribution is -2.29. The van der Waals surface area contributed by atoms with Crippen LogP contribution in [0.25, 0.3) is 0 Å². The molecular weight excluding hydrogens is 316 g/mol. The molecule has 0 spiro atoms. The second kappa shape index (κ2) is 6.01. The number of anilines is 1. The van der Waals surface area contributed by atoms with E-state index in [1.807, 2.05) is 6.07 Å². The SMILES string of the molecule is Nc1ccn(CC(=O)NCCc2ccc(Br)s2)n1. The van der Waals surface area contributed by atoms with Crippen LogP contribution in [0.5, 0.6) is 0 Å². The molecule has 7 heteroatoms. The van der Waals surface area contributed by atoms with Crippen molar-refractivity contribution in [1.29, 1.82) is 0 Å². The number of hydrogen-bond acceptors (Lipinski definition) is 4. The molecule has 0 radical (unpaired) electrons. The Hall–Kier alpha value is -1.34. The smallest absolute Gasteiger partial charge is 0.241 e. The zero-order valence-corrected chi connectivity index (χ0v) is 12.0. The summed E-state index contributed by atoms with van der Waals surface area (Å²) < 4.78 is 2.63. The zero-order valence-electron chi connectivity index (χ0n) is 9.60. The number of nitrogens with zero attached hydrogens (tertiary/aromatic N) is 2. The second-order valence-electron chi connectivity index (χ2n) is 3.74. The number of amides is 1. The summed E-state index contributed by atoms with van der Waals surface area (Å²) in [7, 11) is 0. The molecule has 2 heterocycles. The monoisotopic (exact) mass is 328 g/mol.